The molecule has 22 heavy (non-hydrogen) atoms. The van der Waals surface area contributed by atoms with Crippen molar-refractivity contribution in [2.24, 2.45) is 0 Å². The molecule has 112 valence electrons. The number of nitrogens with zero attached hydrogens (tertiary/aromatic N) is 2. The molecule has 0 radical (unpaired) electrons. The Morgan fingerprint density at radius 2 is 2.05 bits per heavy atom. The number of anilines is 1. The second kappa shape index (κ2) is 5.05. The summed E-state index contributed by atoms with van der Waals surface area (Å²) in [5, 5.41) is 8.32. The third-order valence-corrected chi connectivity index (χ3v) is 4.19. The zero-order valence-corrected chi connectivity index (χ0v) is 12.8. The number of aromatic nitrogens is 2. The highest BCUT2D eigenvalue weighted by Gasteiger charge is 2.26. The first-order valence-electron chi connectivity index (χ1n) is 7.74. The number of para-hydroxylation sites is 1. The molecule has 0 unspecified atom stereocenters. The second-order valence-corrected chi connectivity index (χ2v) is 5.96. The van der Waals surface area contributed by atoms with Gasteiger partial charge in [-0.05, 0) is 36.1 Å². The molecule has 4 rings (SSSR count). The van der Waals surface area contributed by atoms with Crippen LogP contribution < -0.4 is 5.32 Å². The fourth-order valence-electron chi connectivity index (χ4n) is 3.13. The predicted molar refractivity (Wildman–Crippen MR) is 87.5 cm³/mol. The van der Waals surface area contributed by atoms with Gasteiger partial charge < -0.3 is 9.73 Å². The zero-order valence-electron chi connectivity index (χ0n) is 12.8. The van der Waals surface area contributed by atoms with E-state index in [1.54, 1.807) is 6.26 Å². The van der Waals surface area contributed by atoms with Gasteiger partial charge in [0.1, 0.15) is 11.5 Å². The minimum atomic E-state index is 0.449. The Morgan fingerprint density at radius 1 is 1.18 bits per heavy atom. The van der Waals surface area contributed by atoms with Gasteiger partial charge in [0.25, 0.3) is 0 Å². The lowest BCUT2D eigenvalue weighted by Crippen LogP contribution is -2.07. The first kappa shape index (κ1) is 13.2. The molecule has 1 N–H and O–H groups in total. The van der Waals surface area contributed by atoms with E-state index in [1.165, 1.54) is 11.1 Å². The van der Waals surface area contributed by atoms with E-state index >= 15 is 0 Å². The summed E-state index contributed by atoms with van der Waals surface area (Å²) in [7, 11) is 0. The molecule has 2 aromatic heterocycles. The molecule has 1 aromatic carbocycles. The molecule has 0 aliphatic carbocycles. The van der Waals surface area contributed by atoms with Crippen LogP contribution in [0, 0.1) is 0 Å². The lowest BCUT2D eigenvalue weighted by Gasteiger charge is -2.14. The Balaban J connectivity index is 1.93. The smallest absolute Gasteiger partial charge is 0.154 e. The molecular weight excluding hydrogens is 274 g/mol. The van der Waals surface area contributed by atoms with Crippen LogP contribution in [0.1, 0.15) is 30.9 Å². The monoisotopic (exact) mass is 293 g/mol. The van der Waals surface area contributed by atoms with E-state index in [-0.39, 0.29) is 0 Å². The van der Waals surface area contributed by atoms with Gasteiger partial charge in [0.2, 0.25) is 0 Å². The molecule has 4 heteroatoms. The minimum Gasteiger partial charge on any atom is -0.463 e. The Labute approximate surface area is 129 Å². The highest BCUT2D eigenvalue weighted by Crippen LogP contribution is 2.36. The normalized spacial score (nSPS) is 13.4. The van der Waals surface area contributed by atoms with Gasteiger partial charge in [-0.2, -0.15) is 5.10 Å². The Kier molecular flexibility index (Phi) is 3.03. The zero-order chi connectivity index (χ0) is 15.1. The van der Waals surface area contributed by atoms with E-state index in [4.69, 9.17) is 9.52 Å². The molecule has 0 spiro atoms. The van der Waals surface area contributed by atoms with Gasteiger partial charge in [0.05, 0.1) is 12.0 Å². The first-order chi connectivity index (χ1) is 10.8. The summed E-state index contributed by atoms with van der Waals surface area (Å²) in [6.07, 6.45) is 2.68. The SMILES string of the molecule is CC(C)c1ccccc1-n1nc(-c2ccco2)c2c1NCC2. The van der Waals surface area contributed by atoms with Crippen molar-refractivity contribution in [3.05, 3.63) is 53.8 Å². The van der Waals surface area contributed by atoms with Crippen molar-refractivity contribution in [2.45, 2.75) is 26.2 Å². The van der Waals surface area contributed by atoms with Crippen molar-refractivity contribution in [1.82, 2.24) is 9.78 Å². The van der Waals surface area contributed by atoms with E-state index in [9.17, 15) is 0 Å². The van der Waals surface area contributed by atoms with Crippen LogP contribution in [0.15, 0.2) is 47.1 Å². The van der Waals surface area contributed by atoms with E-state index in [1.807, 2.05) is 16.8 Å². The quantitative estimate of drug-likeness (QED) is 0.786. The van der Waals surface area contributed by atoms with Crippen molar-refractivity contribution >= 4 is 5.82 Å². The van der Waals surface area contributed by atoms with Crippen LogP contribution in [-0.4, -0.2) is 16.3 Å². The van der Waals surface area contributed by atoms with Crippen LogP contribution in [0.5, 0.6) is 0 Å². The van der Waals surface area contributed by atoms with Crippen LogP contribution >= 0.6 is 0 Å². The highest BCUT2D eigenvalue weighted by molar-refractivity contribution is 5.70. The molecule has 3 heterocycles. The molecule has 0 amide bonds. The number of hydrogen-bond acceptors (Lipinski definition) is 3. The summed E-state index contributed by atoms with van der Waals surface area (Å²) >= 11 is 0. The van der Waals surface area contributed by atoms with E-state index < -0.39 is 0 Å². The lowest BCUT2D eigenvalue weighted by molar-refractivity contribution is 0.578. The van der Waals surface area contributed by atoms with Gasteiger partial charge >= 0.3 is 0 Å². The van der Waals surface area contributed by atoms with Gasteiger partial charge in [-0.1, -0.05) is 32.0 Å². The standard InChI is InChI=1S/C18H19N3O/c1-12(2)13-6-3-4-7-15(13)21-18-14(9-10-19-18)17(20-21)16-8-5-11-22-16/h3-8,11-12,19H,9-10H2,1-2H3. The summed E-state index contributed by atoms with van der Waals surface area (Å²) < 4.78 is 7.61. The number of hydrogen-bond donors (Lipinski definition) is 1. The molecular formula is C18H19N3O. The minimum absolute atomic E-state index is 0.449. The summed E-state index contributed by atoms with van der Waals surface area (Å²) in [6, 6.07) is 12.3. The summed E-state index contributed by atoms with van der Waals surface area (Å²) in [5.41, 5.74) is 4.63. The maximum Gasteiger partial charge on any atom is 0.154 e. The van der Waals surface area contributed by atoms with Gasteiger partial charge in [-0.3, -0.25) is 0 Å². The van der Waals surface area contributed by atoms with Crippen molar-refractivity contribution in [3.8, 4) is 17.1 Å². The fourth-order valence-corrected chi connectivity index (χ4v) is 3.13. The summed E-state index contributed by atoms with van der Waals surface area (Å²) in [4.78, 5) is 0. The predicted octanol–water partition coefficient (Wildman–Crippen LogP) is 4.22. The average molecular weight is 293 g/mol. The second-order valence-electron chi connectivity index (χ2n) is 5.96. The van der Waals surface area contributed by atoms with Crippen molar-refractivity contribution < 1.29 is 4.42 Å². The number of rotatable bonds is 3. The number of furan rings is 1. The number of nitrogens with one attached hydrogen (secondary N) is 1. The van der Waals surface area contributed by atoms with E-state index in [0.29, 0.717) is 5.92 Å². The largest absolute Gasteiger partial charge is 0.463 e. The van der Waals surface area contributed by atoms with Crippen LogP contribution in [0.2, 0.25) is 0 Å². The lowest BCUT2D eigenvalue weighted by atomic mass is 10.0. The maximum atomic E-state index is 5.57. The van der Waals surface area contributed by atoms with Crippen LogP contribution in [-0.2, 0) is 6.42 Å². The summed E-state index contributed by atoms with van der Waals surface area (Å²) in [6.45, 7) is 5.37. The Bertz CT molecular complexity index is 800. The third-order valence-electron chi connectivity index (χ3n) is 4.19. The maximum absolute atomic E-state index is 5.57. The molecule has 1 aliphatic rings. The van der Waals surface area contributed by atoms with Crippen molar-refractivity contribution in [3.63, 3.8) is 0 Å². The molecule has 0 fully saturated rings. The fraction of sp³-hybridized carbons (Fsp3) is 0.278. The number of fused-ring (bicyclic) bond motifs is 1. The van der Waals surface area contributed by atoms with Crippen molar-refractivity contribution in [1.29, 1.82) is 0 Å². The van der Waals surface area contributed by atoms with Gasteiger partial charge in [-0.25, -0.2) is 4.68 Å². The number of benzene rings is 1. The molecule has 3 aromatic rings. The van der Waals surface area contributed by atoms with Crippen LogP contribution in [0.3, 0.4) is 0 Å². The Morgan fingerprint density at radius 3 is 2.82 bits per heavy atom. The summed E-state index contributed by atoms with van der Waals surface area (Å²) in [5.74, 6) is 2.38. The molecule has 0 saturated heterocycles. The third kappa shape index (κ3) is 1.95. The van der Waals surface area contributed by atoms with Crippen molar-refractivity contribution in [2.75, 3.05) is 11.9 Å². The molecule has 0 bridgehead atoms. The van der Waals surface area contributed by atoms with Crippen LogP contribution in [0.4, 0.5) is 5.82 Å². The van der Waals surface area contributed by atoms with Gasteiger partial charge in [0.15, 0.2) is 5.76 Å². The highest BCUT2D eigenvalue weighted by atomic mass is 16.3. The van der Waals surface area contributed by atoms with Gasteiger partial charge in [0, 0.05) is 12.1 Å². The van der Waals surface area contributed by atoms with E-state index in [2.05, 4.69) is 43.4 Å². The van der Waals surface area contributed by atoms with E-state index in [0.717, 1.165) is 35.9 Å². The van der Waals surface area contributed by atoms with Gasteiger partial charge in [-0.15, -0.1) is 0 Å². The van der Waals surface area contributed by atoms with Crippen LogP contribution in [0.25, 0.3) is 17.1 Å². The topological polar surface area (TPSA) is 43.0 Å². The molecule has 0 saturated carbocycles. The first-order valence-corrected chi connectivity index (χ1v) is 7.74. The average Bonchev–Trinajstić information content (AvgIpc) is 3.24. The molecule has 4 nitrogen and oxygen atoms in total. The molecule has 0 atom stereocenters. The molecule has 1 aliphatic heterocycles. The Hall–Kier alpha value is -2.49.